The lowest BCUT2D eigenvalue weighted by atomic mass is 10.2. The summed E-state index contributed by atoms with van der Waals surface area (Å²) in [6.45, 7) is 1.72. The molecule has 0 saturated carbocycles. The van der Waals surface area contributed by atoms with Gasteiger partial charge in [0.15, 0.2) is 0 Å². The highest BCUT2D eigenvalue weighted by Gasteiger charge is 2.17. The summed E-state index contributed by atoms with van der Waals surface area (Å²) in [6, 6.07) is 6.01. The van der Waals surface area contributed by atoms with Crippen molar-refractivity contribution in [2.24, 2.45) is 5.92 Å². The van der Waals surface area contributed by atoms with Crippen LogP contribution in [0.3, 0.4) is 0 Å². The highest BCUT2D eigenvalue weighted by molar-refractivity contribution is 7.89. The van der Waals surface area contributed by atoms with E-state index in [1.54, 1.807) is 19.1 Å². The molecule has 1 aromatic rings. The monoisotopic (exact) mass is 304 g/mol. The Morgan fingerprint density at radius 1 is 1.32 bits per heavy atom. The van der Waals surface area contributed by atoms with Gasteiger partial charge in [0.25, 0.3) is 0 Å². The zero-order valence-corrected chi connectivity index (χ0v) is 12.6. The van der Waals surface area contributed by atoms with Gasteiger partial charge in [-0.1, -0.05) is 6.92 Å². The highest BCUT2D eigenvalue weighted by Crippen LogP contribution is 2.17. The molecule has 1 rings (SSSR count). The number of anilines is 1. The summed E-state index contributed by atoms with van der Waals surface area (Å²) in [7, 11) is -0.513. The van der Waals surface area contributed by atoms with Gasteiger partial charge >= 0.3 is 0 Å². The average molecular weight is 305 g/mol. The summed E-state index contributed by atoms with van der Waals surface area (Å²) < 4.78 is 24.8. The second kappa shape index (κ2) is 6.36. The molecule has 1 unspecified atom stereocenters. The molecule has 1 amide bonds. The number of sulfonamides is 1. The number of hydrogen-bond acceptors (Lipinski definition) is 3. The van der Waals surface area contributed by atoms with E-state index in [9.17, 15) is 13.2 Å². The highest BCUT2D eigenvalue weighted by atomic mass is 35.5. The van der Waals surface area contributed by atoms with Crippen LogP contribution in [0.5, 0.6) is 0 Å². The standard InChI is InChI=1S/C12H17ClN2O3S/c1-9(8-13)12(16)14-10-4-6-11(7-5-10)19(17,18)15(2)3/h4-7,9H,8H2,1-3H3,(H,14,16). The summed E-state index contributed by atoms with van der Waals surface area (Å²) >= 11 is 5.59. The Kier molecular flexibility index (Phi) is 5.34. The lowest BCUT2D eigenvalue weighted by molar-refractivity contribution is -0.118. The van der Waals surface area contributed by atoms with E-state index in [0.717, 1.165) is 4.31 Å². The van der Waals surface area contributed by atoms with Crippen LogP contribution in [0, 0.1) is 5.92 Å². The molecule has 1 atom stereocenters. The molecular weight excluding hydrogens is 288 g/mol. The molecule has 0 bridgehead atoms. The smallest absolute Gasteiger partial charge is 0.242 e. The molecule has 5 nitrogen and oxygen atoms in total. The minimum absolute atomic E-state index is 0.181. The number of halogens is 1. The zero-order valence-electron chi connectivity index (χ0n) is 11.1. The third-order valence-corrected chi connectivity index (χ3v) is 4.87. The Labute approximate surface area is 118 Å². The van der Waals surface area contributed by atoms with Gasteiger partial charge in [0.05, 0.1) is 4.90 Å². The van der Waals surface area contributed by atoms with Gasteiger partial charge in [-0.3, -0.25) is 4.79 Å². The van der Waals surface area contributed by atoms with Crippen molar-refractivity contribution in [3.8, 4) is 0 Å². The van der Waals surface area contributed by atoms with Crippen molar-refractivity contribution in [3.05, 3.63) is 24.3 Å². The van der Waals surface area contributed by atoms with Crippen molar-refractivity contribution in [1.82, 2.24) is 4.31 Å². The van der Waals surface area contributed by atoms with Crippen molar-refractivity contribution in [2.75, 3.05) is 25.3 Å². The van der Waals surface area contributed by atoms with Gasteiger partial charge in [-0.05, 0) is 24.3 Å². The molecule has 0 spiro atoms. The number of carbonyl (C=O) groups excluding carboxylic acids is 1. The first-order valence-electron chi connectivity index (χ1n) is 5.68. The molecular formula is C12H17ClN2O3S. The molecule has 0 aliphatic rings. The lowest BCUT2D eigenvalue weighted by Gasteiger charge is -2.12. The van der Waals surface area contributed by atoms with Crippen LogP contribution >= 0.6 is 11.6 Å². The zero-order chi connectivity index (χ0) is 14.6. The van der Waals surface area contributed by atoms with Gasteiger partial charge in [0.2, 0.25) is 15.9 Å². The van der Waals surface area contributed by atoms with Crippen molar-refractivity contribution in [2.45, 2.75) is 11.8 Å². The molecule has 1 aromatic carbocycles. The van der Waals surface area contributed by atoms with Crippen molar-refractivity contribution < 1.29 is 13.2 Å². The third kappa shape index (κ3) is 3.92. The second-order valence-corrected chi connectivity index (χ2v) is 6.82. The predicted octanol–water partition coefficient (Wildman–Crippen LogP) is 1.75. The Morgan fingerprint density at radius 3 is 2.26 bits per heavy atom. The molecule has 0 aliphatic carbocycles. The minimum Gasteiger partial charge on any atom is -0.326 e. The lowest BCUT2D eigenvalue weighted by Crippen LogP contribution is -2.23. The number of carbonyl (C=O) groups is 1. The number of benzene rings is 1. The van der Waals surface area contributed by atoms with E-state index < -0.39 is 10.0 Å². The molecule has 0 aliphatic heterocycles. The fraction of sp³-hybridized carbons (Fsp3) is 0.417. The maximum Gasteiger partial charge on any atom is 0.242 e. The molecule has 7 heteroatoms. The van der Waals surface area contributed by atoms with Crippen LogP contribution < -0.4 is 5.32 Å². The first-order valence-corrected chi connectivity index (χ1v) is 7.66. The Bertz CT molecular complexity index is 541. The molecule has 0 heterocycles. The quantitative estimate of drug-likeness (QED) is 0.843. The molecule has 1 N–H and O–H groups in total. The Hall–Kier alpha value is -1.11. The van der Waals surface area contributed by atoms with Crippen LogP contribution in [0.2, 0.25) is 0 Å². The van der Waals surface area contributed by atoms with Crippen molar-refractivity contribution >= 4 is 33.2 Å². The number of rotatable bonds is 5. The van der Waals surface area contributed by atoms with Gasteiger partial charge in [-0.25, -0.2) is 12.7 Å². The van der Waals surface area contributed by atoms with E-state index in [-0.39, 0.29) is 22.6 Å². The summed E-state index contributed by atoms with van der Waals surface area (Å²) in [6.07, 6.45) is 0. The molecule has 0 saturated heterocycles. The fourth-order valence-corrected chi connectivity index (χ4v) is 2.30. The second-order valence-electron chi connectivity index (χ2n) is 4.36. The van der Waals surface area contributed by atoms with E-state index in [1.807, 2.05) is 0 Å². The minimum atomic E-state index is -3.44. The predicted molar refractivity (Wildman–Crippen MR) is 75.8 cm³/mol. The fourth-order valence-electron chi connectivity index (χ4n) is 1.26. The topological polar surface area (TPSA) is 66.5 Å². The molecule has 19 heavy (non-hydrogen) atoms. The first-order chi connectivity index (χ1) is 8.78. The van der Waals surface area contributed by atoms with Crippen LogP contribution in [-0.2, 0) is 14.8 Å². The van der Waals surface area contributed by atoms with Crippen LogP contribution in [0.4, 0.5) is 5.69 Å². The largest absolute Gasteiger partial charge is 0.326 e. The summed E-state index contributed by atoms with van der Waals surface area (Å²) in [5, 5.41) is 2.67. The number of alkyl halides is 1. The van der Waals surface area contributed by atoms with E-state index in [4.69, 9.17) is 11.6 Å². The number of nitrogens with one attached hydrogen (secondary N) is 1. The Balaban J connectivity index is 2.86. The van der Waals surface area contributed by atoms with E-state index in [2.05, 4.69) is 5.32 Å². The van der Waals surface area contributed by atoms with E-state index in [1.165, 1.54) is 26.2 Å². The number of nitrogens with zero attached hydrogens (tertiary/aromatic N) is 1. The molecule has 0 aromatic heterocycles. The van der Waals surface area contributed by atoms with Gasteiger partial charge in [-0.2, -0.15) is 0 Å². The summed E-state index contributed by atoms with van der Waals surface area (Å²) in [4.78, 5) is 11.8. The average Bonchev–Trinajstić information content (AvgIpc) is 2.38. The number of amides is 1. The number of hydrogen-bond donors (Lipinski definition) is 1. The molecule has 0 fully saturated rings. The maximum atomic E-state index is 11.8. The van der Waals surface area contributed by atoms with Gasteiger partial charge in [-0.15, -0.1) is 11.6 Å². The van der Waals surface area contributed by atoms with E-state index >= 15 is 0 Å². The van der Waals surface area contributed by atoms with Crippen LogP contribution in [0.15, 0.2) is 29.2 Å². The van der Waals surface area contributed by atoms with Gasteiger partial charge < -0.3 is 5.32 Å². The third-order valence-electron chi connectivity index (χ3n) is 2.58. The summed E-state index contributed by atoms with van der Waals surface area (Å²) in [5.41, 5.74) is 0.541. The Morgan fingerprint density at radius 2 is 1.84 bits per heavy atom. The summed E-state index contributed by atoms with van der Waals surface area (Å²) in [5.74, 6) is -0.260. The first kappa shape index (κ1) is 15.9. The maximum absolute atomic E-state index is 11.8. The SMILES string of the molecule is CC(CCl)C(=O)Nc1ccc(S(=O)(=O)N(C)C)cc1. The van der Waals surface area contributed by atoms with E-state index in [0.29, 0.717) is 5.69 Å². The van der Waals surface area contributed by atoms with Crippen molar-refractivity contribution in [3.63, 3.8) is 0 Å². The van der Waals surface area contributed by atoms with Crippen LogP contribution in [-0.4, -0.2) is 38.6 Å². The van der Waals surface area contributed by atoms with Crippen molar-refractivity contribution in [1.29, 1.82) is 0 Å². The van der Waals surface area contributed by atoms with Crippen LogP contribution in [0.1, 0.15) is 6.92 Å². The molecule has 0 radical (unpaired) electrons. The molecule has 106 valence electrons. The van der Waals surface area contributed by atoms with Gasteiger partial charge in [0, 0.05) is 31.6 Å². The van der Waals surface area contributed by atoms with Crippen LogP contribution in [0.25, 0.3) is 0 Å². The normalized spacial score (nSPS) is 13.3. The van der Waals surface area contributed by atoms with Gasteiger partial charge in [0.1, 0.15) is 0 Å².